The third kappa shape index (κ3) is 4.63. The first kappa shape index (κ1) is 11.8. The third-order valence-corrected chi connectivity index (χ3v) is 2.38. The Morgan fingerprint density at radius 1 is 1.27 bits per heavy atom. The molecular weight excluding hydrogens is 186 g/mol. The van der Waals surface area contributed by atoms with Gasteiger partial charge in [-0.1, -0.05) is 26.0 Å². The summed E-state index contributed by atoms with van der Waals surface area (Å²) in [4.78, 5) is 11.6. The maximum atomic E-state index is 11.6. The lowest BCUT2D eigenvalue weighted by atomic mass is 10.0. The zero-order valence-corrected chi connectivity index (χ0v) is 9.49. The van der Waals surface area contributed by atoms with Crippen molar-refractivity contribution in [2.75, 3.05) is 5.73 Å². The molecule has 0 aromatic heterocycles. The molecule has 0 atom stereocenters. The van der Waals surface area contributed by atoms with Crippen molar-refractivity contribution in [1.82, 2.24) is 0 Å². The average molecular weight is 205 g/mol. The smallest absolute Gasteiger partial charge is 0.137 e. The van der Waals surface area contributed by atoms with Crippen molar-refractivity contribution in [3.05, 3.63) is 29.8 Å². The number of benzene rings is 1. The number of anilines is 1. The molecule has 0 aliphatic carbocycles. The summed E-state index contributed by atoms with van der Waals surface area (Å²) in [5, 5.41) is 0. The van der Waals surface area contributed by atoms with Crippen LogP contribution in [0, 0.1) is 5.92 Å². The van der Waals surface area contributed by atoms with Crippen molar-refractivity contribution in [3.63, 3.8) is 0 Å². The number of rotatable bonds is 5. The fraction of sp³-hybridized carbons (Fsp3) is 0.462. The quantitative estimate of drug-likeness (QED) is 0.751. The average Bonchev–Trinajstić information content (AvgIpc) is 2.19. The number of carbonyl (C=O) groups excluding carboxylic acids is 1. The van der Waals surface area contributed by atoms with Crippen molar-refractivity contribution in [1.29, 1.82) is 0 Å². The molecule has 1 aromatic carbocycles. The molecule has 0 spiro atoms. The van der Waals surface area contributed by atoms with Gasteiger partial charge in [0.15, 0.2) is 0 Å². The minimum atomic E-state index is 0.313. The molecule has 0 aliphatic heterocycles. The molecule has 0 amide bonds. The van der Waals surface area contributed by atoms with Crippen molar-refractivity contribution < 1.29 is 4.79 Å². The van der Waals surface area contributed by atoms with E-state index < -0.39 is 0 Å². The van der Waals surface area contributed by atoms with Crippen molar-refractivity contribution in [3.8, 4) is 0 Å². The molecular formula is C13H19NO. The molecule has 0 unspecified atom stereocenters. The van der Waals surface area contributed by atoms with Gasteiger partial charge in [-0.05, 0) is 30.0 Å². The lowest BCUT2D eigenvalue weighted by molar-refractivity contribution is -0.118. The van der Waals surface area contributed by atoms with Crippen molar-refractivity contribution in [2.24, 2.45) is 5.92 Å². The molecule has 0 aliphatic rings. The van der Waals surface area contributed by atoms with Gasteiger partial charge in [-0.2, -0.15) is 0 Å². The number of hydrogen-bond donors (Lipinski definition) is 1. The minimum Gasteiger partial charge on any atom is -0.399 e. The highest BCUT2D eigenvalue weighted by molar-refractivity contribution is 5.80. The Labute approximate surface area is 91.5 Å². The highest BCUT2D eigenvalue weighted by Crippen LogP contribution is 2.10. The van der Waals surface area contributed by atoms with E-state index in [9.17, 15) is 4.79 Å². The molecule has 0 saturated heterocycles. The van der Waals surface area contributed by atoms with E-state index in [-0.39, 0.29) is 0 Å². The molecule has 2 N–H and O–H groups in total. The Morgan fingerprint density at radius 2 is 1.87 bits per heavy atom. The van der Waals surface area contributed by atoms with Crippen LogP contribution < -0.4 is 5.73 Å². The van der Waals surface area contributed by atoms with Crippen LogP contribution >= 0.6 is 0 Å². The molecule has 0 saturated carbocycles. The zero-order chi connectivity index (χ0) is 11.3. The topological polar surface area (TPSA) is 43.1 Å². The number of Topliss-reactive ketones (excluding diaryl/α,β-unsaturated/α-hetero) is 1. The van der Waals surface area contributed by atoms with Gasteiger partial charge in [0, 0.05) is 18.5 Å². The van der Waals surface area contributed by atoms with E-state index in [0.29, 0.717) is 24.5 Å². The Hall–Kier alpha value is -1.31. The van der Waals surface area contributed by atoms with E-state index in [0.717, 1.165) is 17.7 Å². The van der Waals surface area contributed by atoms with Gasteiger partial charge in [-0.25, -0.2) is 0 Å². The van der Waals surface area contributed by atoms with Crippen LogP contribution in [0.4, 0.5) is 5.69 Å². The lowest BCUT2D eigenvalue weighted by Gasteiger charge is -2.04. The Bertz CT molecular complexity index is 314. The standard InChI is InChI=1S/C13H19NO/c1-10(2)3-8-13(15)9-11-4-6-12(14)7-5-11/h4-7,10H,3,8-9,14H2,1-2H3. The Morgan fingerprint density at radius 3 is 2.40 bits per heavy atom. The number of carbonyl (C=O) groups is 1. The van der Waals surface area contributed by atoms with Gasteiger partial charge in [0.25, 0.3) is 0 Å². The second-order valence-corrected chi connectivity index (χ2v) is 4.39. The molecule has 1 rings (SSSR count). The molecule has 0 radical (unpaired) electrons. The summed E-state index contributed by atoms with van der Waals surface area (Å²) in [7, 11) is 0. The monoisotopic (exact) mass is 205 g/mol. The maximum Gasteiger partial charge on any atom is 0.137 e. The third-order valence-electron chi connectivity index (χ3n) is 2.38. The highest BCUT2D eigenvalue weighted by atomic mass is 16.1. The van der Waals surface area contributed by atoms with Gasteiger partial charge in [0.1, 0.15) is 5.78 Å². The van der Waals surface area contributed by atoms with Crippen LogP contribution in [0.1, 0.15) is 32.3 Å². The molecule has 0 fully saturated rings. The van der Waals surface area contributed by atoms with E-state index in [1.807, 2.05) is 24.3 Å². The second kappa shape index (κ2) is 5.54. The minimum absolute atomic E-state index is 0.313. The lowest BCUT2D eigenvalue weighted by Crippen LogP contribution is -2.04. The van der Waals surface area contributed by atoms with E-state index in [2.05, 4.69) is 13.8 Å². The Kier molecular flexibility index (Phi) is 4.35. The number of hydrogen-bond acceptors (Lipinski definition) is 2. The number of nitrogens with two attached hydrogens (primary N) is 1. The van der Waals surface area contributed by atoms with Gasteiger partial charge in [0.2, 0.25) is 0 Å². The SMILES string of the molecule is CC(C)CCC(=O)Cc1ccc(N)cc1. The first-order chi connectivity index (χ1) is 7.08. The molecule has 0 bridgehead atoms. The van der Waals surface area contributed by atoms with Crippen LogP contribution in [0.25, 0.3) is 0 Å². The normalized spacial score (nSPS) is 10.6. The Balaban J connectivity index is 2.41. The van der Waals surface area contributed by atoms with E-state index in [1.54, 1.807) is 0 Å². The van der Waals surface area contributed by atoms with Crippen LogP contribution in [0.2, 0.25) is 0 Å². The number of ketones is 1. The molecule has 82 valence electrons. The summed E-state index contributed by atoms with van der Waals surface area (Å²) in [6.45, 7) is 4.27. The molecule has 0 heterocycles. The first-order valence-corrected chi connectivity index (χ1v) is 5.44. The van der Waals surface area contributed by atoms with Crippen molar-refractivity contribution in [2.45, 2.75) is 33.1 Å². The molecule has 2 heteroatoms. The maximum absolute atomic E-state index is 11.6. The van der Waals surface area contributed by atoms with E-state index in [1.165, 1.54) is 0 Å². The molecule has 15 heavy (non-hydrogen) atoms. The summed E-state index contributed by atoms with van der Waals surface area (Å²) in [6, 6.07) is 7.52. The number of nitrogen functional groups attached to an aromatic ring is 1. The van der Waals surface area contributed by atoms with Crippen LogP contribution in [0.3, 0.4) is 0 Å². The summed E-state index contributed by atoms with van der Waals surface area (Å²) >= 11 is 0. The van der Waals surface area contributed by atoms with Crippen LogP contribution in [-0.4, -0.2) is 5.78 Å². The van der Waals surface area contributed by atoms with Crippen LogP contribution in [0.5, 0.6) is 0 Å². The summed E-state index contributed by atoms with van der Waals surface area (Å²) in [6.07, 6.45) is 2.20. The van der Waals surface area contributed by atoms with Crippen LogP contribution in [0.15, 0.2) is 24.3 Å². The first-order valence-electron chi connectivity index (χ1n) is 5.44. The summed E-state index contributed by atoms with van der Waals surface area (Å²) < 4.78 is 0. The predicted molar refractivity (Wildman–Crippen MR) is 63.6 cm³/mol. The fourth-order valence-corrected chi connectivity index (χ4v) is 1.40. The molecule has 1 aromatic rings. The second-order valence-electron chi connectivity index (χ2n) is 4.39. The van der Waals surface area contributed by atoms with Crippen molar-refractivity contribution >= 4 is 11.5 Å². The van der Waals surface area contributed by atoms with Gasteiger partial charge >= 0.3 is 0 Å². The zero-order valence-electron chi connectivity index (χ0n) is 9.49. The van der Waals surface area contributed by atoms with Crippen LogP contribution in [-0.2, 0) is 11.2 Å². The van der Waals surface area contributed by atoms with E-state index in [4.69, 9.17) is 5.73 Å². The van der Waals surface area contributed by atoms with Gasteiger partial charge in [-0.3, -0.25) is 4.79 Å². The van der Waals surface area contributed by atoms with Gasteiger partial charge < -0.3 is 5.73 Å². The molecule has 2 nitrogen and oxygen atoms in total. The van der Waals surface area contributed by atoms with E-state index >= 15 is 0 Å². The summed E-state index contributed by atoms with van der Waals surface area (Å²) in [5.74, 6) is 0.911. The highest BCUT2D eigenvalue weighted by Gasteiger charge is 2.04. The van der Waals surface area contributed by atoms with Gasteiger partial charge in [0.05, 0.1) is 0 Å². The van der Waals surface area contributed by atoms with Gasteiger partial charge in [-0.15, -0.1) is 0 Å². The predicted octanol–water partition coefficient (Wildman–Crippen LogP) is 2.82. The largest absolute Gasteiger partial charge is 0.399 e. The fourth-order valence-electron chi connectivity index (χ4n) is 1.40. The summed E-state index contributed by atoms with van der Waals surface area (Å²) in [5.41, 5.74) is 7.37.